The summed E-state index contributed by atoms with van der Waals surface area (Å²) in [4.78, 5) is 4.06. The largest absolute Gasteiger partial charge is 0.383 e. The van der Waals surface area contributed by atoms with Crippen LogP contribution in [-0.4, -0.2) is 4.98 Å². The van der Waals surface area contributed by atoms with Gasteiger partial charge in [-0.2, -0.15) is 0 Å². The second-order valence-corrected chi connectivity index (χ2v) is 3.31. The lowest BCUT2D eigenvalue weighted by atomic mass is 10.0. The molecule has 0 bridgehead atoms. The average molecular weight is 184 g/mol. The summed E-state index contributed by atoms with van der Waals surface area (Å²) < 4.78 is 0. The van der Waals surface area contributed by atoms with Gasteiger partial charge >= 0.3 is 0 Å². The van der Waals surface area contributed by atoms with Gasteiger partial charge in [-0.05, 0) is 24.6 Å². The van der Waals surface area contributed by atoms with Crippen molar-refractivity contribution in [3.63, 3.8) is 0 Å². The maximum Gasteiger partial charge on any atom is 0.131 e. The predicted octanol–water partition coefficient (Wildman–Crippen LogP) is 2.64. The Balaban J connectivity index is 2.55. The van der Waals surface area contributed by atoms with Crippen LogP contribution in [0, 0.1) is 6.92 Å². The Kier molecular flexibility index (Phi) is 2.19. The van der Waals surface area contributed by atoms with E-state index in [-0.39, 0.29) is 0 Å². The maximum atomic E-state index is 5.79. The zero-order chi connectivity index (χ0) is 9.97. The fourth-order valence-corrected chi connectivity index (χ4v) is 1.47. The fraction of sp³-hybridized carbons (Fsp3) is 0.0833. The highest BCUT2D eigenvalue weighted by molar-refractivity contribution is 5.73. The molecule has 0 spiro atoms. The predicted molar refractivity (Wildman–Crippen MR) is 58.8 cm³/mol. The number of nitrogens with two attached hydrogens (primary N) is 1. The third-order valence-electron chi connectivity index (χ3n) is 2.17. The van der Waals surface area contributed by atoms with E-state index in [1.54, 1.807) is 6.20 Å². The Morgan fingerprint density at radius 1 is 1.14 bits per heavy atom. The van der Waals surface area contributed by atoms with E-state index in [0.29, 0.717) is 5.82 Å². The number of aromatic nitrogens is 1. The Labute approximate surface area is 83.4 Å². The molecule has 0 aliphatic rings. The van der Waals surface area contributed by atoms with Crippen LogP contribution in [0.25, 0.3) is 11.1 Å². The van der Waals surface area contributed by atoms with E-state index in [2.05, 4.69) is 24.0 Å². The second kappa shape index (κ2) is 3.50. The van der Waals surface area contributed by atoms with Crippen LogP contribution in [0.2, 0.25) is 0 Å². The molecule has 2 heteroatoms. The number of nitrogens with zero attached hydrogens (tertiary/aromatic N) is 1. The van der Waals surface area contributed by atoms with Gasteiger partial charge in [-0.25, -0.2) is 4.98 Å². The minimum absolute atomic E-state index is 0.582. The first kappa shape index (κ1) is 8.75. The quantitative estimate of drug-likeness (QED) is 0.740. The molecule has 1 heterocycles. The number of benzene rings is 1. The fourth-order valence-electron chi connectivity index (χ4n) is 1.47. The standard InChI is InChI=1S/C12H12N2/c1-9-4-2-5-10(8-9)11-6-3-7-14-12(11)13/h2-8H,1H3,(H2,13,14). The van der Waals surface area contributed by atoms with Crippen LogP contribution in [0.4, 0.5) is 5.82 Å². The van der Waals surface area contributed by atoms with E-state index in [1.807, 2.05) is 24.3 Å². The van der Waals surface area contributed by atoms with Gasteiger partial charge in [0.05, 0.1) is 0 Å². The van der Waals surface area contributed by atoms with Crippen LogP contribution >= 0.6 is 0 Å². The van der Waals surface area contributed by atoms with Crippen LogP contribution in [0.5, 0.6) is 0 Å². The molecule has 2 aromatic rings. The number of aryl methyl sites for hydroxylation is 1. The zero-order valence-electron chi connectivity index (χ0n) is 8.07. The summed E-state index contributed by atoms with van der Waals surface area (Å²) in [5.41, 5.74) is 9.14. The van der Waals surface area contributed by atoms with E-state index in [1.165, 1.54) is 5.56 Å². The van der Waals surface area contributed by atoms with Crippen LogP contribution in [0.3, 0.4) is 0 Å². The molecule has 14 heavy (non-hydrogen) atoms. The molecule has 2 nitrogen and oxygen atoms in total. The van der Waals surface area contributed by atoms with Crippen molar-refractivity contribution in [1.29, 1.82) is 0 Å². The summed E-state index contributed by atoms with van der Waals surface area (Å²) in [6, 6.07) is 12.1. The molecule has 0 atom stereocenters. The van der Waals surface area contributed by atoms with Crippen molar-refractivity contribution in [2.75, 3.05) is 5.73 Å². The van der Waals surface area contributed by atoms with E-state index < -0.39 is 0 Å². The molecule has 0 fully saturated rings. The maximum absolute atomic E-state index is 5.79. The second-order valence-electron chi connectivity index (χ2n) is 3.31. The molecule has 0 aliphatic carbocycles. The molecule has 0 amide bonds. The van der Waals surface area contributed by atoms with Crippen molar-refractivity contribution >= 4 is 5.82 Å². The molecule has 0 saturated carbocycles. The van der Waals surface area contributed by atoms with E-state index in [9.17, 15) is 0 Å². The summed E-state index contributed by atoms with van der Waals surface area (Å²) in [5, 5.41) is 0. The third-order valence-corrected chi connectivity index (χ3v) is 2.17. The van der Waals surface area contributed by atoms with E-state index in [0.717, 1.165) is 11.1 Å². The summed E-state index contributed by atoms with van der Waals surface area (Å²) in [6.45, 7) is 2.07. The number of pyridine rings is 1. The first-order valence-electron chi connectivity index (χ1n) is 4.55. The van der Waals surface area contributed by atoms with Gasteiger partial charge < -0.3 is 5.73 Å². The van der Waals surface area contributed by atoms with Gasteiger partial charge in [0.1, 0.15) is 5.82 Å². The molecule has 70 valence electrons. The topological polar surface area (TPSA) is 38.9 Å². The number of hydrogen-bond acceptors (Lipinski definition) is 2. The minimum Gasteiger partial charge on any atom is -0.383 e. The molecule has 0 aliphatic heterocycles. The van der Waals surface area contributed by atoms with Crippen LogP contribution in [0.15, 0.2) is 42.6 Å². The van der Waals surface area contributed by atoms with Gasteiger partial charge in [0.2, 0.25) is 0 Å². The van der Waals surface area contributed by atoms with Crippen molar-refractivity contribution < 1.29 is 0 Å². The van der Waals surface area contributed by atoms with Crippen molar-refractivity contribution in [1.82, 2.24) is 4.98 Å². The Morgan fingerprint density at radius 2 is 2.00 bits per heavy atom. The van der Waals surface area contributed by atoms with Gasteiger partial charge in [0.15, 0.2) is 0 Å². The monoisotopic (exact) mass is 184 g/mol. The molecule has 0 unspecified atom stereocenters. The summed E-state index contributed by atoms with van der Waals surface area (Å²) in [5.74, 6) is 0.582. The van der Waals surface area contributed by atoms with Gasteiger partial charge in [-0.1, -0.05) is 29.8 Å². The highest BCUT2D eigenvalue weighted by atomic mass is 14.8. The third kappa shape index (κ3) is 1.59. The van der Waals surface area contributed by atoms with Gasteiger partial charge in [-0.3, -0.25) is 0 Å². The SMILES string of the molecule is Cc1cccc(-c2cccnc2N)c1. The average Bonchev–Trinajstić information content (AvgIpc) is 2.18. The summed E-state index contributed by atoms with van der Waals surface area (Å²) in [6.07, 6.45) is 1.70. The number of nitrogen functional groups attached to an aromatic ring is 1. The lowest BCUT2D eigenvalue weighted by Gasteiger charge is -2.04. The Bertz CT molecular complexity index is 450. The Morgan fingerprint density at radius 3 is 2.71 bits per heavy atom. The summed E-state index contributed by atoms with van der Waals surface area (Å²) in [7, 11) is 0. The van der Waals surface area contributed by atoms with Crippen molar-refractivity contribution in [2.45, 2.75) is 6.92 Å². The molecule has 1 aromatic carbocycles. The van der Waals surface area contributed by atoms with Crippen molar-refractivity contribution in [2.24, 2.45) is 0 Å². The minimum atomic E-state index is 0.582. The van der Waals surface area contributed by atoms with Gasteiger partial charge in [0, 0.05) is 11.8 Å². The number of anilines is 1. The normalized spacial score (nSPS) is 10.1. The zero-order valence-corrected chi connectivity index (χ0v) is 8.07. The van der Waals surface area contributed by atoms with E-state index >= 15 is 0 Å². The smallest absolute Gasteiger partial charge is 0.131 e. The highest BCUT2D eigenvalue weighted by Gasteiger charge is 2.01. The lowest BCUT2D eigenvalue weighted by Crippen LogP contribution is -1.92. The lowest BCUT2D eigenvalue weighted by molar-refractivity contribution is 1.33. The Hall–Kier alpha value is -1.83. The number of hydrogen-bond donors (Lipinski definition) is 1. The molecule has 0 saturated heterocycles. The molecule has 1 aromatic heterocycles. The molecule has 2 N–H and O–H groups in total. The van der Waals surface area contributed by atoms with Gasteiger partial charge in [0.25, 0.3) is 0 Å². The first-order valence-corrected chi connectivity index (χ1v) is 4.55. The van der Waals surface area contributed by atoms with Gasteiger partial charge in [-0.15, -0.1) is 0 Å². The molecular weight excluding hydrogens is 172 g/mol. The van der Waals surface area contributed by atoms with Crippen LogP contribution in [-0.2, 0) is 0 Å². The molecule has 0 radical (unpaired) electrons. The molecule has 2 rings (SSSR count). The van der Waals surface area contributed by atoms with Crippen molar-refractivity contribution in [3.8, 4) is 11.1 Å². The molecular formula is C12H12N2. The van der Waals surface area contributed by atoms with Crippen LogP contribution < -0.4 is 5.73 Å². The number of rotatable bonds is 1. The van der Waals surface area contributed by atoms with E-state index in [4.69, 9.17) is 5.73 Å². The van der Waals surface area contributed by atoms with Crippen LogP contribution in [0.1, 0.15) is 5.56 Å². The summed E-state index contributed by atoms with van der Waals surface area (Å²) >= 11 is 0. The highest BCUT2D eigenvalue weighted by Crippen LogP contribution is 2.23. The first-order chi connectivity index (χ1) is 6.77. The van der Waals surface area contributed by atoms with Crippen molar-refractivity contribution in [3.05, 3.63) is 48.2 Å².